The third-order valence-electron chi connectivity index (χ3n) is 2.47. The number of anilines is 1. The number of nitrogen functional groups attached to an aromatic ring is 1. The first-order valence-electron chi connectivity index (χ1n) is 5.31. The van der Waals surface area contributed by atoms with Gasteiger partial charge in [-0.05, 0) is 41.0 Å². The van der Waals surface area contributed by atoms with Gasteiger partial charge in [0.2, 0.25) is 0 Å². The highest BCUT2D eigenvalue weighted by Crippen LogP contribution is 2.19. The molecule has 0 unspecified atom stereocenters. The second kappa shape index (κ2) is 5.04. The van der Waals surface area contributed by atoms with E-state index in [1.54, 1.807) is 0 Å². The van der Waals surface area contributed by atoms with Crippen molar-refractivity contribution in [3.63, 3.8) is 0 Å². The van der Waals surface area contributed by atoms with E-state index in [-0.39, 0.29) is 0 Å². The van der Waals surface area contributed by atoms with Crippen LogP contribution in [0.1, 0.15) is 12.0 Å². The highest BCUT2D eigenvalue weighted by atomic mass is 35.5. The van der Waals surface area contributed by atoms with E-state index in [0.717, 1.165) is 12.1 Å². The number of rotatable bonds is 3. The second-order valence-corrected chi connectivity index (χ2v) is 4.12. The largest absolute Gasteiger partial charge is 0.399 e. The number of hydrogen-bond acceptors (Lipinski definition) is 1. The van der Waals surface area contributed by atoms with Crippen molar-refractivity contribution in [3.8, 4) is 0 Å². The summed E-state index contributed by atoms with van der Waals surface area (Å²) in [6.07, 6.45) is 5.09. The Morgan fingerprint density at radius 1 is 1.06 bits per heavy atom. The van der Waals surface area contributed by atoms with Crippen molar-refractivity contribution in [2.45, 2.75) is 6.42 Å². The molecule has 0 radical (unpaired) electrons. The minimum absolute atomic E-state index is 0.667. The summed E-state index contributed by atoms with van der Waals surface area (Å²) in [7, 11) is 0. The van der Waals surface area contributed by atoms with Crippen LogP contribution in [-0.2, 0) is 0 Å². The number of nitrogens with two attached hydrogens (primary N) is 1. The fraction of sp³-hybridized carbons (Fsp3) is 0.143. The molecule has 0 aliphatic carbocycles. The van der Waals surface area contributed by atoms with E-state index < -0.39 is 0 Å². The first-order chi connectivity index (χ1) is 7.79. The van der Waals surface area contributed by atoms with Gasteiger partial charge in [-0.15, -0.1) is 11.6 Å². The lowest BCUT2D eigenvalue weighted by Crippen LogP contribution is -1.83. The summed E-state index contributed by atoms with van der Waals surface area (Å²) in [6, 6.07) is 12.3. The fourth-order valence-electron chi connectivity index (χ4n) is 1.67. The lowest BCUT2D eigenvalue weighted by Gasteiger charge is -2.01. The maximum atomic E-state index is 5.73. The summed E-state index contributed by atoms with van der Waals surface area (Å²) in [6.45, 7) is 0. The molecule has 0 heterocycles. The Kier molecular flexibility index (Phi) is 3.47. The standard InChI is InChI=1S/C14H14ClN/c15-8-2-1-3-11-4-5-13-10-14(16)7-6-12(13)9-11/h1,3-7,9-10H,2,8,16H2. The minimum atomic E-state index is 0.667. The number of benzene rings is 2. The molecule has 2 heteroatoms. The Morgan fingerprint density at radius 3 is 2.62 bits per heavy atom. The quantitative estimate of drug-likeness (QED) is 0.626. The van der Waals surface area contributed by atoms with E-state index in [1.165, 1.54) is 16.3 Å². The first-order valence-corrected chi connectivity index (χ1v) is 5.85. The first kappa shape index (κ1) is 11.0. The third-order valence-corrected chi connectivity index (χ3v) is 2.69. The van der Waals surface area contributed by atoms with E-state index in [4.69, 9.17) is 17.3 Å². The Labute approximate surface area is 101 Å². The zero-order valence-corrected chi connectivity index (χ0v) is 9.74. The molecule has 0 bridgehead atoms. The van der Waals surface area contributed by atoms with Gasteiger partial charge in [0.25, 0.3) is 0 Å². The van der Waals surface area contributed by atoms with Gasteiger partial charge >= 0.3 is 0 Å². The number of halogens is 1. The van der Waals surface area contributed by atoms with Gasteiger partial charge in [-0.1, -0.05) is 30.4 Å². The van der Waals surface area contributed by atoms with Crippen LogP contribution in [0.3, 0.4) is 0 Å². The molecule has 0 aromatic heterocycles. The molecule has 2 rings (SSSR count). The van der Waals surface area contributed by atoms with Crippen molar-refractivity contribution in [2.75, 3.05) is 11.6 Å². The van der Waals surface area contributed by atoms with Crippen LogP contribution in [-0.4, -0.2) is 5.88 Å². The maximum absolute atomic E-state index is 5.73. The van der Waals surface area contributed by atoms with E-state index in [9.17, 15) is 0 Å². The van der Waals surface area contributed by atoms with Gasteiger partial charge in [0.1, 0.15) is 0 Å². The zero-order valence-electron chi connectivity index (χ0n) is 8.99. The van der Waals surface area contributed by atoms with Crippen molar-refractivity contribution in [3.05, 3.63) is 48.0 Å². The monoisotopic (exact) mass is 231 g/mol. The van der Waals surface area contributed by atoms with Crippen molar-refractivity contribution in [1.82, 2.24) is 0 Å². The molecular weight excluding hydrogens is 218 g/mol. The summed E-state index contributed by atoms with van der Waals surface area (Å²) in [5.41, 5.74) is 7.73. The van der Waals surface area contributed by atoms with Crippen molar-refractivity contribution >= 4 is 34.1 Å². The second-order valence-electron chi connectivity index (χ2n) is 3.75. The van der Waals surface area contributed by atoms with Gasteiger partial charge in [0.05, 0.1) is 0 Å². The Balaban J connectivity index is 2.33. The van der Waals surface area contributed by atoms with Gasteiger partial charge in [-0.25, -0.2) is 0 Å². The molecule has 0 saturated carbocycles. The molecule has 2 aromatic carbocycles. The van der Waals surface area contributed by atoms with Crippen LogP contribution in [0.15, 0.2) is 42.5 Å². The molecule has 0 amide bonds. The molecule has 0 saturated heterocycles. The summed E-state index contributed by atoms with van der Waals surface area (Å²) in [4.78, 5) is 0. The lowest BCUT2D eigenvalue weighted by molar-refractivity contribution is 1.24. The predicted molar refractivity (Wildman–Crippen MR) is 72.7 cm³/mol. The number of hydrogen-bond donors (Lipinski definition) is 1. The van der Waals surface area contributed by atoms with Gasteiger partial charge in [-0.3, -0.25) is 0 Å². The molecular formula is C14H14ClN. The summed E-state index contributed by atoms with van der Waals surface area (Å²) < 4.78 is 0. The third kappa shape index (κ3) is 2.56. The van der Waals surface area contributed by atoms with Crippen LogP contribution in [0.4, 0.5) is 5.69 Å². The average Bonchev–Trinajstić information content (AvgIpc) is 2.29. The van der Waals surface area contributed by atoms with Crippen LogP contribution in [0.2, 0.25) is 0 Å². The van der Waals surface area contributed by atoms with Gasteiger partial charge in [-0.2, -0.15) is 0 Å². The zero-order chi connectivity index (χ0) is 11.4. The highest BCUT2D eigenvalue weighted by molar-refractivity contribution is 6.17. The topological polar surface area (TPSA) is 26.0 Å². The van der Waals surface area contributed by atoms with E-state index >= 15 is 0 Å². The molecule has 2 N–H and O–H groups in total. The Morgan fingerprint density at radius 2 is 1.81 bits per heavy atom. The fourth-order valence-corrected chi connectivity index (χ4v) is 1.79. The summed E-state index contributed by atoms with van der Waals surface area (Å²) in [5, 5.41) is 2.39. The molecule has 0 aliphatic heterocycles. The van der Waals surface area contributed by atoms with E-state index in [0.29, 0.717) is 5.88 Å². The average molecular weight is 232 g/mol. The Hall–Kier alpha value is -1.47. The number of alkyl halides is 1. The maximum Gasteiger partial charge on any atom is 0.0320 e. The molecule has 2 aromatic rings. The van der Waals surface area contributed by atoms with Gasteiger partial charge in [0.15, 0.2) is 0 Å². The molecule has 82 valence electrons. The van der Waals surface area contributed by atoms with Gasteiger partial charge < -0.3 is 5.73 Å². The lowest BCUT2D eigenvalue weighted by atomic mass is 10.1. The van der Waals surface area contributed by atoms with Crippen LogP contribution < -0.4 is 5.73 Å². The molecule has 0 atom stereocenters. The number of fused-ring (bicyclic) bond motifs is 1. The Bertz CT molecular complexity index is 517. The summed E-state index contributed by atoms with van der Waals surface area (Å²) >= 11 is 5.62. The molecule has 0 aliphatic rings. The van der Waals surface area contributed by atoms with Crippen LogP contribution >= 0.6 is 11.6 Å². The van der Waals surface area contributed by atoms with Crippen LogP contribution in [0.25, 0.3) is 16.8 Å². The molecule has 1 nitrogen and oxygen atoms in total. The number of allylic oxidation sites excluding steroid dienone is 1. The van der Waals surface area contributed by atoms with E-state index in [1.807, 2.05) is 18.2 Å². The summed E-state index contributed by atoms with van der Waals surface area (Å²) in [5.74, 6) is 0.667. The minimum Gasteiger partial charge on any atom is -0.399 e. The van der Waals surface area contributed by atoms with Crippen molar-refractivity contribution < 1.29 is 0 Å². The highest BCUT2D eigenvalue weighted by Gasteiger charge is 1.94. The van der Waals surface area contributed by atoms with Gasteiger partial charge in [0, 0.05) is 11.6 Å². The molecule has 0 spiro atoms. The van der Waals surface area contributed by atoms with Crippen molar-refractivity contribution in [1.29, 1.82) is 0 Å². The van der Waals surface area contributed by atoms with E-state index in [2.05, 4.69) is 30.4 Å². The SMILES string of the molecule is Nc1ccc2cc(C=CCCCl)ccc2c1. The van der Waals surface area contributed by atoms with Crippen LogP contribution in [0, 0.1) is 0 Å². The van der Waals surface area contributed by atoms with Crippen molar-refractivity contribution in [2.24, 2.45) is 0 Å². The normalized spacial score (nSPS) is 11.3. The smallest absolute Gasteiger partial charge is 0.0320 e. The van der Waals surface area contributed by atoms with Crippen LogP contribution in [0.5, 0.6) is 0 Å². The molecule has 16 heavy (non-hydrogen) atoms. The predicted octanol–water partition coefficient (Wildman–Crippen LogP) is 4.06. The molecule has 0 fully saturated rings.